The zero-order valence-corrected chi connectivity index (χ0v) is 13.8. The number of carbonyl (C=O) groups is 1. The molecule has 4 atom stereocenters. The zero-order valence-electron chi connectivity index (χ0n) is 13.8. The van der Waals surface area contributed by atoms with Crippen molar-refractivity contribution in [2.45, 2.75) is 37.9 Å². The first-order chi connectivity index (χ1) is 11.2. The molecule has 0 N–H and O–H groups in total. The van der Waals surface area contributed by atoms with Gasteiger partial charge in [0.15, 0.2) is 0 Å². The lowest BCUT2D eigenvalue weighted by Gasteiger charge is -2.38. The van der Waals surface area contributed by atoms with Gasteiger partial charge in [0.05, 0.1) is 19.1 Å². The number of hydrogen-bond acceptors (Lipinski definition) is 4. The second-order valence-corrected chi connectivity index (χ2v) is 7.24. The SMILES string of the molecule is CN1C(Cn2cccn2)CC2CN(C(=O)C3CCOC3)CCC21. The van der Waals surface area contributed by atoms with E-state index in [1.807, 2.05) is 23.1 Å². The number of ether oxygens (including phenoxy) is 1. The van der Waals surface area contributed by atoms with Gasteiger partial charge in [-0.1, -0.05) is 0 Å². The van der Waals surface area contributed by atoms with Crippen molar-refractivity contribution in [2.24, 2.45) is 11.8 Å². The molecule has 6 nitrogen and oxygen atoms in total. The third-order valence-corrected chi connectivity index (χ3v) is 5.92. The van der Waals surface area contributed by atoms with Crippen LogP contribution in [0.15, 0.2) is 18.5 Å². The van der Waals surface area contributed by atoms with Gasteiger partial charge in [0.1, 0.15) is 0 Å². The second kappa shape index (κ2) is 6.24. The Morgan fingerprint density at radius 3 is 3.04 bits per heavy atom. The molecule has 1 amide bonds. The molecule has 4 rings (SSSR count). The van der Waals surface area contributed by atoms with E-state index in [0.29, 0.717) is 30.5 Å². The Morgan fingerprint density at radius 1 is 1.39 bits per heavy atom. The molecule has 0 aromatic carbocycles. The molecule has 4 heterocycles. The topological polar surface area (TPSA) is 50.6 Å². The molecule has 0 aliphatic carbocycles. The summed E-state index contributed by atoms with van der Waals surface area (Å²) in [6, 6.07) is 3.11. The maximum atomic E-state index is 12.6. The van der Waals surface area contributed by atoms with Gasteiger partial charge < -0.3 is 9.64 Å². The molecule has 3 aliphatic rings. The number of piperidine rings is 1. The van der Waals surface area contributed by atoms with Crippen molar-refractivity contribution < 1.29 is 9.53 Å². The summed E-state index contributed by atoms with van der Waals surface area (Å²) < 4.78 is 7.41. The summed E-state index contributed by atoms with van der Waals surface area (Å²) in [5.74, 6) is 1.02. The van der Waals surface area contributed by atoms with Gasteiger partial charge in [-0.25, -0.2) is 0 Å². The average Bonchev–Trinajstić information content (AvgIpc) is 3.30. The molecule has 0 radical (unpaired) electrons. The Morgan fingerprint density at radius 2 is 2.30 bits per heavy atom. The van der Waals surface area contributed by atoms with Crippen LogP contribution in [-0.2, 0) is 16.1 Å². The standard InChI is InChI=1S/C17H26N4O2/c1-19-15(11-21-6-2-5-18-21)9-14-10-20(7-3-16(14)19)17(22)13-4-8-23-12-13/h2,5-6,13-16H,3-4,7-12H2,1H3. The van der Waals surface area contributed by atoms with Crippen molar-refractivity contribution in [1.29, 1.82) is 0 Å². The van der Waals surface area contributed by atoms with E-state index in [0.717, 1.165) is 45.5 Å². The van der Waals surface area contributed by atoms with Gasteiger partial charge >= 0.3 is 0 Å². The molecule has 3 aliphatic heterocycles. The number of likely N-dealkylation sites (tertiary alicyclic amines) is 2. The third kappa shape index (κ3) is 2.90. The molecule has 1 aromatic heterocycles. The fraction of sp³-hybridized carbons (Fsp3) is 0.765. The molecule has 23 heavy (non-hydrogen) atoms. The van der Waals surface area contributed by atoms with E-state index in [1.165, 1.54) is 0 Å². The van der Waals surface area contributed by atoms with Gasteiger partial charge in [0.25, 0.3) is 0 Å². The summed E-state index contributed by atoms with van der Waals surface area (Å²) in [5, 5.41) is 4.34. The van der Waals surface area contributed by atoms with Crippen LogP contribution < -0.4 is 0 Å². The van der Waals surface area contributed by atoms with Gasteiger partial charge in [-0.2, -0.15) is 5.10 Å². The van der Waals surface area contributed by atoms with Crippen LogP contribution in [-0.4, -0.2) is 70.9 Å². The first-order valence-corrected chi connectivity index (χ1v) is 8.78. The molecular formula is C17H26N4O2. The Bertz CT molecular complexity index is 541. The largest absolute Gasteiger partial charge is 0.381 e. The van der Waals surface area contributed by atoms with Gasteiger partial charge in [-0.3, -0.25) is 14.4 Å². The normalized spacial score (nSPS) is 34.7. The van der Waals surface area contributed by atoms with Crippen molar-refractivity contribution in [2.75, 3.05) is 33.4 Å². The van der Waals surface area contributed by atoms with Crippen molar-refractivity contribution in [3.63, 3.8) is 0 Å². The van der Waals surface area contributed by atoms with E-state index in [-0.39, 0.29) is 5.92 Å². The minimum atomic E-state index is 0.102. The highest BCUT2D eigenvalue weighted by Crippen LogP contribution is 2.35. The van der Waals surface area contributed by atoms with Crippen LogP contribution in [0.2, 0.25) is 0 Å². The molecule has 0 saturated carbocycles. The van der Waals surface area contributed by atoms with Crippen LogP contribution in [0.5, 0.6) is 0 Å². The molecule has 4 unspecified atom stereocenters. The Balaban J connectivity index is 1.38. The molecule has 1 aromatic rings. The van der Waals surface area contributed by atoms with Crippen LogP contribution in [0, 0.1) is 11.8 Å². The maximum absolute atomic E-state index is 12.6. The van der Waals surface area contributed by atoms with E-state index in [2.05, 4.69) is 21.9 Å². The molecular weight excluding hydrogens is 292 g/mol. The van der Waals surface area contributed by atoms with Gasteiger partial charge in [-0.15, -0.1) is 0 Å². The van der Waals surface area contributed by atoms with Crippen LogP contribution in [0.4, 0.5) is 0 Å². The highest BCUT2D eigenvalue weighted by molar-refractivity contribution is 5.79. The number of fused-ring (bicyclic) bond motifs is 1. The predicted octanol–water partition coefficient (Wildman–Crippen LogP) is 0.841. The van der Waals surface area contributed by atoms with Gasteiger partial charge in [0, 0.05) is 44.2 Å². The number of nitrogens with zero attached hydrogens (tertiary/aromatic N) is 4. The van der Waals surface area contributed by atoms with Crippen LogP contribution in [0.3, 0.4) is 0 Å². The molecule has 126 valence electrons. The molecule has 3 fully saturated rings. The summed E-state index contributed by atoms with van der Waals surface area (Å²) in [5.41, 5.74) is 0. The number of hydrogen-bond donors (Lipinski definition) is 0. The highest BCUT2D eigenvalue weighted by Gasteiger charge is 2.43. The van der Waals surface area contributed by atoms with Crippen molar-refractivity contribution >= 4 is 5.91 Å². The first-order valence-electron chi connectivity index (χ1n) is 8.78. The summed E-state index contributed by atoms with van der Waals surface area (Å²) in [6.45, 7) is 4.12. The molecule has 6 heteroatoms. The van der Waals surface area contributed by atoms with Gasteiger partial charge in [0.2, 0.25) is 5.91 Å². The van der Waals surface area contributed by atoms with Crippen molar-refractivity contribution in [1.82, 2.24) is 19.6 Å². The maximum Gasteiger partial charge on any atom is 0.228 e. The zero-order chi connectivity index (χ0) is 15.8. The fourth-order valence-corrected chi connectivity index (χ4v) is 4.59. The molecule has 0 bridgehead atoms. The number of rotatable bonds is 3. The third-order valence-electron chi connectivity index (χ3n) is 5.92. The number of aromatic nitrogens is 2. The number of likely N-dealkylation sites (N-methyl/N-ethyl adjacent to an activating group) is 1. The van der Waals surface area contributed by atoms with Gasteiger partial charge in [-0.05, 0) is 38.3 Å². The number of amides is 1. The summed E-state index contributed by atoms with van der Waals surface area (Å²) in [7, 11) is 2.24. The monoisotopic (exact) mass is 318 g/mol. The van der Waals surface area contributed by atoms with Crippen LogP contribution in [0.1, 0.15) is 19.3 Å². The number of carbonyl (C=O) groups excluding carboxylic acids is 1. The van der Waals surface area contributed by atoms with Crippen LogP contribution >= 0.6 is 0 Å². The van der Waals surface area contributed by atoms with E-state index in [4.69, 9.17) is 4.74 Å². The van der Waals surface area contributed by atoms with Crippen LogP contribution in [0.25, 0.3) is 0 Å². The van der Waals surface area contributed by atoms with Crippen molar-refractivity contribution in [3.8, 4) is 0 Å². The highest BCUT2D eigenvalue weighted by atomic mass is 16.5. The van der Waals surface area contributed by atoms with E-state index >= 15 is 0 Å². The molecule has 0 spiro atoms. The lowest BCUT2D eigenvalue weighted by molar-refractivity contribution is -0.137. The first kappa shape index (κ1) is 15.1. The lowest BCUT2D eigenvalue weighted by atomic mass is 9.91. The van der Waals surface area contributed by atoms with E-state index in [1.54, 1.807) is 0 Å². The average molecular weight is 318 g/mol. The summed E-state index contributed by atoms with van der Waals surface area (Å²) in [4.78, 5) is 17.2. The Kier molecular flexibility index (Phi) is 4.11. The summed E-state index contributed by atoms with van der Waals surface area (Å²) in [6.07, 6.45) is 7.02. The summed E-state index contributed by atoms with van der Waals surface area (Å²) >= 11 is 0. The second-order valence-electron chi connectivity index (χ2n) is 7.24. The predicted molar refractivity (Wildman–Crippen MR) is 85.8 cm³/mol. The minimum absolute atomic E-state index is 0.102. The Hall–Kier alpha value is -1.40. The lowest BCUT2D eigenvalue weighted by Crippen LogP contribution is -2.49. The van der Waals surface area contributed by atoms with Crippen molar-refractivity contribution in [3.05, 3.63) is 18.5 Å². The Labute approximate surface area is 137 Å². The minimum Gasteiger partial charge on any atom is -0.381 e. The van der Waals surface area contributed by atoms with E-state index < -0.39 is 0 Å². The fourth-order valence-electron chi connectivity index (χ4n) is 4.59. The molecule has 3 saturated heterocycles. The quantitative estimate of drug-likeness (QED) is 0.829. The smallest absolute Gasteiger partial charge is 0.228 e. The van der Waals surface area contributed by atoms with E-state index in [9.17, 15) is 4.79 Å².